The zero-order valence-corrected chi connectivity index (χ0v) is 12.9. The van der Waals surface area contributed by atoms with E-state index in [-0.39, 0.29) is 6.04 Å². The molecule has 1 aliphatic rings. The van der Waals surface area contributed by atoms with E-state index in [2.05, 4.69) is 61.7 Å². The molecule has 2 aromatic rings. The van der Waals surface area contributed by atoms with Gasteiger partial charge in [0.1, 0.15) is 0 Å². The number of hydrogen-bond donors (Lipinski definition) is 2. The third-order valence-corrected chi connectivity index (χ3v) is 4.98. The number of nitrogens with two attached hydrogens (primary N) is 1. The van der Waals surface area contributed by atoms with E-state index in [1.54, 1.807) is 0 Å². The normalized spacial score (nSPS) is 19.1. The van der Waals surface area contributed by atoms with Crippen molar-refractivity contribution in [3.63, 3.8) is 0 Å². The van der Waals surface area contributed by atoms with Gasteiger partial charge >= 0.3 is 0 Å². The molecule has 2 unspecified atom stereocenters. The van der Waals surface area contributed by atoms with Gasteiger partial charge in [0.05, 0.1) is 6.04 Å². The largest absolute Gasteiger partial charge is 0.271 e. The molecule has 3 N–H and O–H groups in total. The lowest BCUT2D eigenvalue weighted by atomic mass is 9.76. The fourth-order valence-electron chi connectivity index (χ4n) is 3.67. The standard InChI is InChI=1S/C19H24N2/c1-13-7-5-11-16(14(13)2)19(21-20)18-12-6-9-15-8-3-4-10-17(15)18/h3-5,7-8,10-11,18-19,21H,6,9,12,20H2,1-2H3. The van der Waals surface area contributed by atoms with Crippen LogP contribution in [0.1, 0.15) is 52.6 Å². The molecule has 2 atom stereocenters. The minimum atomic E-state index is 0.186. The van der Waals surface area contributed by atoms with Gasteiger partial charge in [-0.1, -0.05) is 42.5 Å². The van der Waals surface area contributed by atoms with Crippen molar-refractivity contribution in [1.29, 1.82) is 0 Å². The van der Waals surface area contributed by atoms with E-state index in [1.807, 2.05) is 0 Å². The van der Waals surface area contributed by atoms with Gasteiger partial charge in [0.2, 0.25) is 0 Å². The number of hydrazine groups is 1. The zero-order valence-electron chi connectivity index (χ0n) is 12.9. The van der Waals surface area contributed by atoms with Crippen molar-refractivity contribution in [2.75, 3.05) is 0 Å². The molecule has 2 heteroatoms. The van der Waals surface area contributed by atoms with Crippen molar-refractivity contribution >= 4 is 0 Å². The predicted octanol–water partition coefficient (Wildman–Crippen LogP) is 3.93. The van der Waals surface area contributed by atoms with Crippen LogP contribution in [0.15, 0.2) is 42.5 Å². The van der Waals surface area contributed by atoms with Crippen LogP contribution in [0.3, 0.4) is 0 Å². The van der Waals surface area contributed by atoms with Crippen LogP contribution in [-0.4, -0.2) is 0 Å². The van der Waals surface area contributed by atoms with Crippen LogP contribution in [0.5, 0.6) is 0 Å². The topological polar surface area (TPSA) is 38.0 Å². The van der Waals surface area contributed by atoms with Gasteiger partial charge in [-0.2, -0.15) is 0 Å². The molecule has 0 aliphatic heterocycles. The molecule has 0 aromatic heterocycles. The molecular weight excluding hydrogens is 256 g/mol. The van der Waals surface area contributed by atoms with Crippen molar-refractivity contribution < 1.29 is 0 Å². The van der Waals surface area contributed by atoms with Gasteiger partial charge in [-0.3, -0.25) is 11.3 Å². The van der Waals surface area contributed by atoms with Gasteiger partial charge in [-0.15, -0.1) is 0 Å². The molecule has 0 bridgehead atoms. The average Bonchev–Trinajstić information content (AvgIpc) is 2.52. The maximum absolute atomic E-state index is 5.96. The maximum Gasteiger partial charge on any atom is 0.0531 e. The van der Waals surface area contributed by atoms with Crippen LogP contribution in [0.2, 0.25) is 0 Å². The summed E-state index contributed by atoms with van der Waals surface area (Å²) in [4.78, 5) is 0. The third kappa shape index (κ3) is 2.61. The van der Waals surface area contributed by atoms with Crippen molar-refractivity contribution in [3.8, 4) is 0 Å². The van der Waals surface area contributed by atoms with Gasteiger partial charge in [0.25, 0.3) is 0 Å². The van der Waals surface area contributed by atoms with Crippen molar-refractivity contribution in [2.45, 2.75) is 45.1 Å². The predicted molar refractivity (Wildman–Crippen MR) is 88.1 cm³/mol. The first-order valence-corrected chi connectivity index (χ1v) is 7.82. The van der Waals surface area contributed by atoms with Crippen LogP contribution < -0.4 is 11.3 Å². The summed E-state index contributed by atoms with van der Waals surface area (Å²) >= 11 is 0. The van der Waals surface area contributed by atoms with Crippen LogP contribution in [0.25, 0.3) is 0 Å². The Morgan fingerprint density at radius 2 is 1.90 bits per heavy atom. The van der Waals surface area contributed by atoms with Gasteiger partial charge < -0.3 is 0 Å². The summed E-state index contributed by atoms with van der Waals surface area (Å²) in [6.45, 7) is 4.37. The average molecular weight is 280 g/mol. The van der Waals surface area contributed by atoms with Crippen LogP contribution in [-0.2, 0) is 6.42 Å². The van der Waals surface area contributed by atoms with E-state index >= 15 is 0 Å². The molecule has 0 fully saturated rings. The van der Waals surface area contributed by atoms with Gasteiger partial charge in [-0.25, -0.2) is 0 Å². The Balaban J connectivity index is 2.04. The molecule has 3 rings (SSSR count). The molecule has 21 heavy (non-hydrogen) atoms. The molecule has 0 saturated carbocycles. The van der Waals surface area contributed by atoms with Crippen LogP contribution in [0, 0.1) is 13.8 Å². The molecular formula is C19H24N2. The van der Waals surface area contributed by atoms with E-state index < -0.39 is 0 Å². The van der Waals surface area contributed by atoms with Crippen molar-refractivity contribution in [1.82, 2.24) is 5.43 Å². The molecule has 2 aromatic carbocycles. The van der Waals surface area contributed by atoms with Gasteiger partial charge in [-0.05, 0) is 60.9 Å². The van der Waals surface area contributed by atoms with Crippen molar-refractivity contribution in [3.05, 3.63) is 70.3 Å². The fraction of sp³-hybridized carbons (Fsp3) is 0.368. The second-order valence-electron chi connectivity index (χ2n) is 6.13. The molecule has 0 spiro atoms. The monoisotopic (exact) mass is 280 g/mol. The van der Waals surface area contributed by atoms with E-state index in [0.29, 0.717) is 5.92 Å². The quantitative estimate of drug-likeness (QED) is 0.660. The molecule has 0 radical (unpaired) electrons. The molecule has 110 valence electrons. The summed E-state index contributed by atoms with van der Waals surface area (Å²) in [6, 6.07) is 15.5. The highest BCUT2D eigenvalue weighted by molar-refractivity contribution is 5.40. The Morgan fingerprint density at radius 3 is 2.71 bits per heavy atom. The van der Waals surface area contributed by atoms with Crippen LogP contribution in [0.4, 0.5) is 0 Å². The summed E-state index contributed by atoms with van der Waals surface area (Å²) in [5.74, 6) is 6.42. The Kier molecular flexibility index (Phi) is 4.09. The summed E-state index contributed by atoms with van der Waals surface area (Å²) in [6.07, 6.45) is 3.63. The number of fused-ring (bicyclic) bond motifs is 1. The molecule has 2 nitrogen and oxygen atoms in total. The number of aryl methyl sites for hydroxylation is 2. The summed E-state index contributed by atoms with van der Waals surface area (Å²) < 4.78 is 0. The second-order valence-corrected chi connectivity index (χ2v) is 6.13. The smallest absolute Gasteiger partial charge is 0.0531 e. The number of nitrogens with one attached hydrogen (secondary N) is 1. The highest BCUT2D eigenvalue weighted by Crippen LogP contribution is 2.40. The Bertz CT molecular complexity index is 633. The molecule has 1 aliphatic carbocycles. The lowest BCUT2D eigenvalue weighted by molar-refractivity contribution is 0.407. The third-order valence-electron chi connectivity index (χ3n) is 4.98. The molecule has 0 amide bonds. The number of rotatable bonds is 3. The second kappa shape index (κ2) is 6.00. The van der Waals surface area contributed by atoms with E-state index in [0.717, 1.165) is 0 Å². The fourth-order valence-corrected chi connectivity index (χ4v) is 3.67. The van der Waals surface area contributed by atoms with Crippen LogP contribution >= 0.6 is 0 Å². The Labute approximate surface area is 127 Å². The Hall–Kier alpha value is -1.64. The maximum atomic E-state index is 5.96. The highest BCUT2D eigenvalue weighted by atomic mass is 15.2. The van der Waals surface area contributed by atoms with E-state index in [1.165, 1.54) is 47.1 Å². The SMILES string of the molecule is Cc1cccc(C(NN)C2CCCc3ccccc32)c1C. The summed E-state index contributed by atoms with van der Waals surface area (Å²) in [5.41, 5.74) is 10.1. The summed E-state index contributed by atoms with van der Waals surface area (Å²) in [5, 5.41) is 0. The lowest BCUT2D eigenvalue weighted by Crippen LogP contribution is -2.34. The van der Waals surface area contributed by atoms with Crippen molar-refractivity contribution in [2.24, 2.45) is 5.84 Å². The molecule has 0 saturated heterocycles. The number of hydrogen-bond acceptors (Lipinski definition) is 2. The number of benzene rings is 2. The summed E-state index contributed by atoms with van der Waals surface area (Å²) in [7, 11) is 0. The molecule has 0 heterocycles. The van der Waals surface area contributed by atoms with Gasteiger partial charge in [0.15, 0.2) is 0 Å². The minimum Gasteiger partial charge on any atom is -0.271 e. The van der Waals surface area contributed by atoms with E-state index in [9.17, 15) is 0 Å². The Morgan fingerprint density at radius 1 is 1.10 bits per heavy atom. The first kappa shape index (κ1) is 14.3. The highest BCUT2D eigenvalue weighted by Gasteiger charge is 2.29. The first-order valence-electron chi connectivity index (χ1n) is 7.82. The zero-order chi connectivity index (χ0) is 14.8. The first-order chi connectivity index (χ1) is 10.2. The lowest BCUT2D eigenvalue weighted by Gasteiger charge is -2.33. The minimum absolute atomic E-state index is 0.186. The van der Waals surface area contributed by atoms with E-state index in [4.69, 9.17) is 5.84 Å². The van der Waals surface area contributed by atoms with Gasteiger partial charge in [0, 0.05) is 5.92 Å².